The molecule has 9 rings (SSSR count). The van der Waals surface area contributed by atoms with E-state index in [1.807, 2.05) is 31.0 Å². The van der Waals surface area contributed by atoms with Gasteiger partial charge in [-0.2, -0.15) is 8.78 Å². The standard InChI is InChI=1S/C48H54F2N8O7/c1-26(2)39(56-47(62)64-4)44(60)58-34-14-13-33(21-34)40(58)42-52-23-36(54-42)28-7-5-27(6-8-28)29-9-10-31-20-32(12-11-30(31)19-29)37-24-51-41(53-37)38-22-48(16-17-48)25-57(38)43(59)35(55-46(61)63-3)15-18-65-45(49)50/h5-12,19-20,23-24,26,33-35,38-40,45H,13-18,21-22,25H2,1-4H3,(H,51,53)(H,52,54)(H,55,61)(H,56,62)/t33-,34+,35-,38-,39-,40-/m0/s1. The zero-order valence-electron chi connectivity index (χ0n) is 36.8. The summed E-state index contributed by atoms with van der Waals surface area (Å²) < 4.78 is 39.5. The number of alkyl halides is 2. The van der Waals surface area contributed by atoms with E-state index in [1.165, 1.54) is 14.2 Å². The number of aromatic nitrogens is 4. The Kier molecular flexibility index (Phi) is 12.1. The summed E-state index contributed by atoms with van der Waals surface area (Å²) in [7, 11) is 2.47. The second-order valence-electron chi connectivity index (χ2n) is 18.3. The van der Waals surface area contributed by atoms with Gasteiger partial charge in [0.2, 0.25) is 11.8 Å². The predicted molar refractivity (Wildman–Crippen MR) is 236 cm³/mol. The number of hydrogen-bond acceptors (Lipinski definition) is 9. The molecule has 2 aliphatic carbocycles. The van der Waals surface area contributed by atoms with Gasteiger partial charge in [0.05, 0.1) is 56.7 Å². The summed E-state index contributed by atoms with van der Waals surface area (Å²) in [5.41, 5.74) is 5.63. The normalized spacial score (nSPS) is 21.6. The molecule has 3 aromatic carbocycles. The first kappa shape index (κ1) is 43.9. The van der Waals surface area contributed by atoms with Gasteiger partial charge in [-0.1, -0.05) is 62.4 Å². The Morgan fingerprint density at radius 2 is 1.42 bits per heavy atom. The van der Waals surface area contributed by atoms with Crippen LogP contribution in [0.1, 0.15) is 82.5 Å². The van der Waals surface area contributed by atoms with Crippen LogP contribution in [0.15, 0.2) is 73.1 Å². The van der Waals surface area contributed by atoms with Crippen molar-refractivity contribution in [1.29, 1.82) is 0 Å². The molecule has 65 heavy (non-hydrogen) atoms. The number of fused-ring (bicyclic) bond motifs is 3. The fourth-order valence-electron chi connectivity index (χ4n) is 10.2. The van der Waals surface area contributed by atoms with Crippen molar-refractivity contribution in [1.82, 2.24) is 40.4 Å². The van der Waals surface area contributed by atoms with Crippen LogP contribution in [0, 0.1) is 17.3 Å². The van der Waals surface area contributed by atoms with Crippen LogP contribution in [0.2, 0.25) is 0 Å². The summed E-state index contributed by atoms with van der Waals surface area (Å²) in [5, 5.41) is 7.35. The van der Waals surface area contributed by atoms with Crippen molar-refractivity contribution in [2.24, 2.45) is 17.3 Å². The minimum Gasteiger partial charge on any atom is -0.453 e. The zero-order chi connectivity index (χ0) is 45.6. The van der Waals surface area contributed by atoms with Gasteiger partial charge in [-0.3, -0.25) is 9.59 Å². The van der Waals surface area contributed by atoms with Crippen molar-refractivity contribution in [3.8, 4) is 33.6 Å². The Balaban J connectivity index is 0.884. The van der Waals surface area contributed by atoms with Gasteiger partial charge in [-0.15, -0.1) is 0 Å². The van der Waals surface area contributed by atoms with E-state index in [0.29, 0.717) is 24.7 Å². The van der Waals surface area contributed by atoms with E-state index >= 15 is 0 Å². The van der Waals surface area contributed by atoms with Crippen LogP contribution in [0.3, 0.4) is 0 Å². The Morgan fingerprint density at radius 3 is 2.09 bits per heavy atom. The number of likely N-dealkylation sites (tertiary alicyclic amines) is 2. The Labute approximate surface area is 375 Å². The highest BCUT2D eigenvalue weighted by Crippen LogP contribution is 2.58. The lowest BCUT2D eigenvalue weighted by molar-refractivity contribution is -0.141. The van der Waals surface area contributed by atoms with Crippen LogP contribution in [0.5, 0.6) is 0 Å². The molecule has 4 fully saturated rings. The number of carbonyl (C=O) groups excluding carboxylic acids is 4. The minimum absolute atomic E-state index is 0.0304. The average molecular weight is 893 g/mol. The minimum atomic E-state index is -2.99. The number of nitrogens with zero attached hydrogens (tertiary/aromatic N) is 4. The first-order chi connectivity index (χ1) is 31.3. The maximum atomic E-state index is 14.0. The Bertz CT molecular complexity index is 2570. The predicted octanol–water partition coefficient (Wildman–Crippen LogP) is 8.13. The van der Waals surface area contributed by atoms with Gasteiger partial charge in [0.15, 0.2) is 0 Å². The lowest BCUT2D eigenvalue weighted by atomic mass is 9.95. The molecule has 6 atom stereocenters. The van der Waals surface area contributed by atoms with Crippen LogP contribution in [-0.4, -0.2) is 106 Å². The lowest BCUT2D eigenvalue weighted by Crippen LogP contribution is -2.54. The van der Waals surface area contributed by atoms with Crippen molar-refractivity contribution in [3.63, 3.8) is 0 Å². The number of imidazole rings is 2. The zero-order valence-corrected chi connectivity index (χ0v) is 36.8. The number of carbonyl (C=O) groups is 4. The first-order valence-electron chi connectivity index (χ1n) is 22.3. The molecule has 4 amide bonds. The molecular formula is C48H54F2N8O7. The van der Waals surface area contributed by atoms with E-state index in [9.17, 15) is 28.0 Å². The van der Waals surface area contributed by atoms with E-state index in [4.69, 9.17) is 19.4 Å². The molecule has 5 aromatic rings. The molecule has 342 valence electrons. The molecule has 15 nitrogen and oxygen atoms in total. The summed E-state index contributed by atoms with van der Waals surface area (Å²) >= 11 is 0. The summed E-state index contributed by atoms with van der Waals surface area (Å²) in [6.07, 6.45) is 7.51. The van der Waals surface area contributed by atoms with E-state index in [2.05, 4.69) is 79.9 Å². The van der Waals surface area contributed by atoms with Crippen molar-refractivity contribution in [3.05, 3.63) is 84.7 Å². The number of nitrogens with one attached hydrogen (secondary N) is 4. The van der Waals surface area contributed by atoms with E-state index < -0.39 is 43.4 Å². The fraction of sp³-hybridized carbons (Fsp3) is 0.458. The molecule has 0 radical (unpaired) electrons. The van der Waals surface area contributed by atoms with Crippen molar-refractivity contribution in [2.45, 2.75) is 95.6 Å². The molecule has 2 aliphatic heterocycles. The van der Waals surface area contributed by atoms with Crippen molar-refractivity contribution in [2.75, 3.05) is 27.4 Å². The van der Waals surface area contributed by atoms with Gasteiger partial charge < -0.3 is 44.6 Å². The highest BCUT2D eigenvalue weighted by Gasteiger charge is 2.55. The number of rotatable bonds is 14. The SMILES string of the molecule is COC(=O)N[C@@H](CCOC(F)F)C(=O)N1CC2(CC2)C[C@H]1c1ncc(-c2ccc3cc(-c4ccc(-c5cnc([C@@H]6[C@H]7CC[C@H](C7)N6C(=O)[C@@H](NC(=O)OC)C(C)C)[nH]5)cc4)ccc3c2)[nH]1. The number of benzene rings is 3. The van der Waals surface area contributed by atoms with Gasteiger partial charge in [0.25, 0.3) is 0 Å². The second-order valence-corrected chi connectivity index (χ2v) is 18.3. The number of alkyl carbamates (subject to hydrolysis) is 2. The summed E-state index contributed by atoms with van der Waals surface area (Å²) in [6.45, 7) is 0.912. The number of ether oxygens (including phenoxy) is 3. The van der Waals surface area contributed by atoms with Gasteiger partial charge in [-0.05, 0) is 95.4 Å². The van der Waals surface area contributed by atoms with Crippen LogP contribution >= 0.6 is 0 Å². The van der Waals surface area contributed by atoms with Gasteiger partial charge in [-0.25, -0.2) is 19.6 Å². The number of amides is 4. The number of piperidine rings is 1. The fourth-order valence-corrected chi connectivity index (χ4v) is 10.2. The molecule has 1 spiro atoms. The maximum Gasteiger partial charge on any atom is 0.407 e. The van der Waals surface area contributed by atoms with Gasteiger partial charge in [0.1, 0.15) is 23.7 Å². The van der Waals surface area contributed by atoms with Crippen LogP contribution in [-0.2, 0) is 23.8 Å². The third-order valence-electron chi connectivity index (χ3n) is 13.9. The Hall–Kier alpha value is -6.36. The van der Waals surface area contributed by atoms with Gasteiger partial charge >= 0.3 is 18.8 Å². The molecule has 2 bridgehead atoms. The van der Waals surface area contributed by atoms with Crippen LogP contribution in [0.4, 0.5) is 18.4 Å². The molecule has 2 aromatic heterocycles. The molecule has 2 saturated heterocycles. The highest BCUT2D eigenvalue weighted by molar-refractivity contribution is 5.91. The average Bonchev–Trinajstić information content (AvgIpc) is 3.94. The van der Waals surface area contributed by atoms with Crippen molar-refractivity contribution >= 4 is 34.8 Å². The molecular weight excluding hydrogens is 839 g/mol. The van der Waals surface area contributed by atoms with E-state index in [1.54, 1.807) is 11.1 Å². The summed E-state index contributed by atoms with van der Waals surface area (Å²) in [5.74, 6) is 1.05. The molecule has 17 heteroatoms. The second kappa shape index (κ2) is 17.9. The molecule has 4 aliphatic rings. The molecule has 2 saturated carbocycles. The van der Waals surface area contributed by atoms with E-state index in [0.717, 1.165) is 82.3 Å². The topological polar surface area (TPSA) is 184 Å². The number of hydrogen-bond donors (Lipinski definition) is 4. The summed E-state index contributed by atoms with van der Waals surface area (Å²) in [4.78, 5) is 72.3. The molecule has 0 unspecified atom stereocenters. The largest absolute Gasteiger partial charge is 0.453 e. The number of halogens is 2. The summed E-state index contributed by atoms with van der Waals surface area (Å²) in [6, 6.07) is 18.6. The van der Waals surface area contributed by atoms with Crippen LogP contribution in [0.25, 0.3) is 44.4 Å². The van der Waals surface area contributed by atoms with Gasteiger partial charge in [0, 0.05) is 24.6 Å². The monoisotopic (exact) mass is 892 g/mol. The number of methoxy groups -OCH3 is 2. The number of H-pyrrole nitrogens is 2. The highest BCUT2D eigenvalue weighted by atomic mass is 19.3. The van der Waals surface area contributed by atoms with Crippen molar-refractivity contribution < 1.29 is 42.2 Å². The lowest BCUT2D eigenvalue weighted by Gasteiger charge is -2.37. The Morgan fingerprint density at radius 1 is 0.800 bits per heavy atom. The quantitative estimate of drug-likeness (QED) is 0.0855. The maximum absolute atomic E-state index is 14.0. The third-order valence-corrected chi connectivity index (χ3v) is 13.9. The molecule has 4 N–H and O–H groups in total. The first-order valence-corrected chi connectivity index (χ1v) is 22.3. The molecule has 4 heterocycles. The van der Waals surface area contributed by atoms with Crippen LogP contribution < -0.4 is 10.6 Å². The number of aromatic amines is 2. The third kappa shape index (κ3) is 8.89. The van der Waals surface area contributed by atoms with E-state index in [-0.39, 0.29) is 41.8 Å². The smallest absolute Gasteiger partial charge is 0.407 e.